The van der Waals surface area contributed by atoms with Gasteiger partial charge in [-0.05, 0) is 45.6 Å². The van der Waals surface area contributed by atoms with Crippen molar-refractivity contribution in [1.82, 2.24) is 4.98 Å². The number of hydrogen-bond acceptors (Lipinski definition) is 2. The molecule has 0 N–H and O–H groups in total. The van der Waals surface area contributed by atoms with Gasteiger partial charge in [0.25, 0.3) is 0 Å². The Hall–Kier alpha value is -1.61. The molecule has 0 spiro atoms. The van der Waals surface area contributed by atoms with E-state index in [2.05, 4.69) is 52.1 Å². The van der Waals surface area contributed by atoms with Gasteiger partial charge in [-0.15, -0.1) is 0 Å². The fourth-order valence-electron chi connectivity index (χ4n) is 2.14. The molecule has 3 rings (SSSR count). The molecule has 96 valence electrons. The summed E-state index contributed by atoms with van der Waals surface area (Å²) in [7, 11) is 0. The topological polar surface area (TPSA) is 26.0 Å². The minimum atomic E-state index is 0.726. The molecule has 0 saturated heterocycles. The lowest BCUT2D eigenvalue weighted by atomic mass is 10.1. The summed E-state index contributed by atoms with van der Waals surface area (Å²) in [6.07, 6.45) is 1.72. The van der Waals surface area contributed by atoms with Crippen LogP contribution in [0.1, 0.15) is 23.9 Å². The summed E-state index contributed by atoms with van der Waals surface area (Å²) in [6, 6.07) is 14.4. The second kappa shape index (κ2) is 5.17. The molecule has 0 aliphatic carbocycles. The molecule has 0 aliphatic heterocycles. The van der Waals surface area contributed by atoms with Gasteiger partial charge in [0.15, 0.2) is 11.5 Å². The van der Waals surface area contributed by atoms with Crippen molar-refractivity contribution in [3.8, 4) is 0 Å². The van der Waals surface area contributed by atoms with E-state index in [1.165, 1.54) is 11.1 Å². The van der Waals surface area contributed by atoms with Gasteiger partial charge in [0.05, 0.1) is 4.47 Å². The van der Waals surface area contributed by atoms with Crippen LogP contribution in [-0.2, 0) is 12.8 Å². The molecule has 2 aromatic carbocycles. The van der Waals surface area contributed by atoms with Crippen LogP contribution < -0.4 is 0 Å². The molecule has 2 nitrogen and oxygen atoms in total. The van der Waals surface area contributed by atoms with Gasteiger partial charge in [0.2, 0.25) is 0 Å². The summed E-state index contributed by atoms with van der Waals surface area (Å²) in [5.41, 5.74) is 4.24. The van der Waals surface area contributed by atoms with Crippen molar-refractivity contribution in [2.45, 2.75) is 19.8 Å². The van der Waals surface area contributed by atoms with E-state index >= 15 is 0 Å². The lowest BCUT2D eigenvalue weighted by molar-refractivity contribution is 0.542. The van der Waals surface area contributed by atoms with Gasteiger partial charge in [0, 0.05) is 6.42 Å². The summed E-state index contributed by atoms with van der Waals surface area (Å²) in [4.78, 5) is 4.58. The molecule has 3 heteroatoms. The first-order valence-electron chi connectivity index (χ1n) is 6.38. The lowest BCUT2D eigenvalue weighted by Crippen LogP contribution is -1.86. The van der Waals surface area contributed by atoms with Crippen LogP contribution in [0, 0.1) is 0 Å². The Morgan fingerprint density at radius 1 is 1.11 bits per heavy atom. The molecule has 0 radical (unpaired) electrons. The summed E-state index contributed by atoms with van der Waals surface area (Å²) in [5.74, 6) is 0.759. The average molecular weight is 316 g/mol. The lowest BCUT2D eigenvalue weighted by Gasteiger charge is -1.97. The first-order valence-corrected chi connectivity index (χ1v) is 7.17. The highest BCUT2D eigenvalue weighted by atomic mass is 79.9. The van der Waals surface area contributed by atoms with E-state index in [9.17, 15) is 0 Å². The Balaban J connectivity index is 2.00. The minimum absolute atomic E-state index is 0.726. The number of fused-ring (bicyclic) bond motifs is 1. The number of nitrogens with zero attached hydrogens (tertiary/aromatic N) is 1. The maximum atomic E-state index is 5.84. The maximum absolute atomic E-state index is 5.84. The molecule has 3 aromatic rings. The fraction of sp³-hybridized carbons (Fsp3) is 0.188. The third-order valence-corrected chi connectivity index (χ3v) is 3.74. The van der Waals surface area contributed by atoms with Crippen molar-refractivity contribution in [3.63, 3.8) is 0 Å². The van der Waals surface area contributed by atoms with Gasteiger partial charge in [-0.25, -0.2) is 4.98 Å². The van der Waals surface area contributed by atoms with Gasteiger partial charge in [0.1, 0.15) is 5.52 Å². The summed E-state index contributed by atoms with van der Waals surface area (Å²) < 4.78 is 6.82. The molecule has 19 heavy (non-hydrogen) atoms. The van der Waals surface area contributed by atoms with Crippen LogP contribution in [0.2, 0.25) is 0 Å². The smallest absolute Gasteiger partial charge is 0.199 e. The number of halogens is 1. The Morgan fingerprint density at radius 3 is 2.63 bits per heavy atom. The van der Waals surface area contributed by atoms with Gasteiger partial charge in [-0.1, -0.05) is 37.3 Å². The molecule has 0 unspecified atom stereocenters. The van der Waals surface area contributed by atoms with Gasteiger partial charge >= 0.3 is 0 Å². The summed E-state index contributed by atoms with van der Waals surface area (Å²) >= 11 is 3.55. The highest BCUT2D eigenvalue weighted by Gasteiger charge is 2.10. The van der Waals surface area contributed by atoms with Gasteiger partial charge in [-0.3, -0.25) is 0 Å². The highest BCUT2D eigenvalue weighted by molar-refractivity contribution is 9.10. The largest absolute Gasteiger partial charge is 0.439 e. The molecule has 0 fully saturated rings. The molecule has 0 amide bonds. The Labute approximate surface area is 120 Å². The third-order valence-electron chi connectivity index (χ3n) is 3.16. The van der Waals surface area contributed by atoms with E-state index in [-0.39, 0.29) is 0 Å². The number of oxazole rings is 1. The van der Waals surface area contributed by atoms with Gasteiger partial charge < -0.3 is 4.42 Å². The van der Waals surface area contributed by atoms with Crippen molar-refractivity contribution in [2.24, 2.45) is 0 Å². The zero-order valence-corrected chi connectivity index (χ0v) is 12.3. The maximum Gasteiger partial charge on any atom is 0.199 e. The summed E-state index contributed by atoms with van der Waals surface area (Å²) in [5, 5.41) is 0. The van der Waals surface area contributed by atoms with E-state index in [0.717, 1.165) is 34.3 Å². The highest BCUT2D eigenvalue weighted by Crippen LogP contribution is 2.27. The van der Waals surface area contributed by atoms with Crippen LogP contribution in [0.4, 0.5) is 0 Å². The first-order chi connectivity index (χ1) is 9.26. The molecule has 1 aromatic heterocycles. The van der Waals surface area contributed by atoms with E-state index in [1.54, 1.807) is 0 Å². The second-order valence-corrected chi connectivity index (χ2v) is 5.40. The monoisotopic (exact) mass is 315 g/mol. The van der Waals surface area contributed by atoms with Crippen molar-refractivity contribution < 1.29 is 4.42 Å². The normalized spacial score (nSPS) is 11.1. The molecule has 0 bridgehead atoms. The predicted molar refractivity (Wildman–Crippen MR) is 80.3 cm³/mol. The van der Waals surface area contributed by atoms with E-state index < -0.39 is 0 Å². The number of aromatic nitrogens is 1. The number of benzene rings is 2. The molecule has 0 atom stereocenters. The van der Waals surface area contributed by atoms with Crippen LogP contribution in [-0.4, -0.2) is 4.98 Å². The molecular weight excluding hydrogens is 302 g/mol. The van der Waals surface area contributed by atoms with E-state index in [4.69, 9.17) is 4.42 Å². The first kappa shape index (κ1) is 12.4. The minimum Gasteiger partial charge on any atom is -0.439 e. The van der Waals surface area contributed by atoms with Crippen molar-refractivity contribution in [2.75, 3.05) is 0 Å². The Kier molecular flexibility index (Phi) is 3.38. The van der Waals surface area contributed by atoms with E-state index in [1.807, 2.05) is 18.2 Å². The predicted octanol–water partition coefficient (Wildman–Crippen LogP) is 4.74. The second-order valence-electron chi connectivity index (χ2n) is 4.55. The Bertz CT molecular complexity index is 703. The molecule has 0 saturated carbocycles. The quantitative estimate of drug-likeness (QED) is 0.697. The van der Waals surface area contributed by atoms with Crippen LogP contribution >= 0.6 is 15.9 Å². The van der Waals surface area contributed by atoms with Gasteiger partial charge in [-0.2, -0.15) is 0 Å². The van der Waals surface area contributed by atoms with E-state index in [0.29, 0.717) is 0 Å². The number of hydrogen-bond donors (Lipinski definition) is 0. The van der Waals surface area contributed by atoms with Crippen LogP contribution in [0.15, 0.2) is 51.4 Å². The molecule has 1 heterocycles. The zero-order chi connectivity index (χ0) is 13.2. The number of aryl methyl sites for hydroxylation is 1. The fourth-order valence-corrected chi connectivity index (χ4v) is 2.72. The molecular formula is C16H14BrNO. The SMILES string of the molecule is CCc1cc(Br)c2oc(Cc3ccccc3)nc2c1. The van der Waals surface area contributed by atoms with Crippen molar-refractivity contribution >= 4 is 27.0 Å². The average Bonchev–Trinajstić information content (AvgIpc) is 2.83. The van der Waals surface area contributed by atoms with Crippen molar-refractivity contribution in [3.05, 3.63) is 64.0 Å². The van der Waals surface area contributed by atoms with Crippen LogP contribution in [0.5, 0.6) is 0 Å². The number of rotatable bonds is 3. The summed E-state index contributed by atoms with van der Waals surface area (Å²) in [6.45, 7) is 2.14. The van der Waals surface area contributed by atoms with Crippen LogP contribution in [0.25, 0.3) is 11.1 Å². The standard InChI is InChI=1S/C16H14BrNO/c1-2-11-8-13(17)16-14(9-11)18-15(19-16)10-12-6-4-3-5-7-12/h3-9H,2,10H2,1H3. The molecule has 0 aliphatic rings. The van der Waals surface area contributed by atoms with Crippen LogP contribution in [0.3, 0.4) is 0 Å². The van der Waals surface area contributed by atoms with Crippen molar-refractivity contribution in [1.29, 1.82) is 0 Å². The Morgan fingerprint density at radius 2 is 1.89 bits per heavy atom. The zero-order valence-electron chi connectivity index (χ0n) is 10.7. The third kappa shape index (κ3) is 2.56.